The molecule has 1 saturated heterocycles. The average Bonchev–Trinajstić information content (AvgIpc) is 3.06. The van der Waals surface area contributed by atoms with Crippen LogP contribution in [0.15, 0.2) is 11.6 Å². The highest BCUT2D eigenvalue weighted by atomic mass is 32.1. The van der Waals surface area contributed by atoms with Crippen molar-refractivity contribution in [1.82, 2.24) is 14.7 Å². The maximum atomic E-state index is 4.84. The average molecular weight is 278 g/mol. The largest absolute Gasteiger partial charge is 0.355 e. The third kappa shape index (κ3) is 2.37. The summed E-state index contributed by atoms with van der Waals surface area (Å²) in [4.78, 5) is 8.42. The van der Waals surface area contributed by atoms with E-state index in [9.17, 15) is 0 Å². The van der Waals surface area contributed by atoms with Crippen LogP contribution in [0.25, 0.3) is 4.96 Å². The van der Waals surface area contributed by atoms with Crippen molar-refractivity contribution >= 4 is 22.1 Å². The van der Waals surface area contributed by atoms with E-state index in [-0.39, 0.29) is 0 Å². The third-order valence-electron chi connectivity index (χ3n) is 3.97. The molecule has 0 aliphatic carbocycles. The van der Waals surface area contributed by atoms with Crippen molar-refractivity contribution in [2.75, 3.05) is 25.0 Å². The number of fused-ring (bicyclic) bond motifs is 1. The van der Waals surface area contributed by atoms with E-state index in [4.69, 9.17) is 4.98 Å². The van der Waals surface area contributed by atoms with Gasteiger partial charge in [0, 0.05) is 31.2 Å². The number of anilines is 1. The monoisotopic (exact) mass is 278 g/mol. The summed E-state index contributed by atoms with van der Waals surface area (Å²) in [7, 11) is 2.00. The van der Waals surface area contributed by atoms with E-state index in [0.717, 1.165) is 24.0 Å². The van der Waals surface area contributed by atoms with Crippen LogP contribution < -0.4 is 10.2 Å². The van der Waals surface area contributed by atoms with Crippen molar-refractivity contribution in [3.8, 4) is 0 Å². The number of hydrogen-bond acceptors (Lipinski definition) is 4. The second kappa shape index (κ2) is 5.51. The highest BCUT2D eigenvalue weighted by Gasteiger charge is 2.26. The topological polar surface area (TPSA) is 32.6 Å². The Bertz CT molecular complexity index is 545. The van der Waals surface area contributed by atoms with Gasteiger partial charge in [-0.15, -0.1) is 11.3 Å². The van der Waals surface area contributed by atoms with Gasteiger partial charge in [-0.3, -0.25) is 4.40 Å². The van der Waals surface area contributed by atoms with Crippen molar-refractivity contribution in [3.63, 3.8) is 0 Å². The molecule has 1 aliphatic rings. The van der Waals surface area contributed by atoms with Crippen LogP contribution in [0.2, 0.25) is 0 Å². The van der Waals surface area contributed by atoms with E-state index in [2.05, 4.69) is 33.1 Å². The van der Waals surface area contributed by atoms with E-state index < -0.39 is 0 Å². The Morgan fingerprint density at radius 1 is 1.53 bits per heavy atom. The molecule has 2 aromatic heterocycles. The molecule has 3 heterocycles. The predicted octanol–water partition coefficient (Wildman–Crippen LogP) is 2.74. The van der Waals surface area contributed by atoms with Gasteiger partial charge in [0.1, 0.15) is 0 Å². The van der Waals surface area contributed by atoms with Gasteiger partial charge < -0.3 is 10.2 Å². The minimum absolute atomic E-state index is 0.854. The third-order valence-corrected chi connectivity index (χ3v) is 4.72. The predicted molar refractivity (Wildman–Crippen MR) is 81.1 cm³/mol. The summed E-state index contributed by atoms with van der Waals surface area (Å²) in [6.07, 6.45) is 6.08. The molecule has 19 heavy (non-hydrogen) atoms. The Labute approximate surface area is 118 Å². The van der Waals surface area contributed by atoms with E-state index in [1.807, 2.05) is 7.05 Å². The molecule has 3 rings (SSSR count). The Hall–Kier alpha value is -1.07. The summed E-state index contributed by atoms with van der Waals surface area (Å²) >= 11 is 1.72. The zero-order valence-electron chi connectivity index (χ0n) is 11.7. The molecule has 1 fully saturated rings. The fourth-order valence-electron chi connectivity index (χ4n) is 3.07. The van der Waals surface area contributed by atoms with Crippen LogP contribution in [-0.4, -0.2) is 29.5 Å². The van der Waals surface area contributed by atoms with Crippen LogP contribution in [0.5, 0.6) is 0 Å². The molecular weight excluding hydrogens is 256 g/mol. The molecule has 0 aromatic carbocycles. The minimum atomic E-state index is 0.854. The van der Waals surface area contributed by atoms with Crippen molar-refractivity contribution in [3.05, 3.63) is 17.3 Å². The lowest BCUT2D eigenvalue weighted by atomic mass is 10.0. The standard InChI is InChI=1S/C14H22N4S/c1-3-4-11-5-6-17(10-11)13-12(9-15-2)18-7-8-19-14(18)16-13/h7-8,11,15H,3-6,9-10H2,1-2H3. The van der Waals surface area contributed by atoms with Gasteiger partial charge in [-0.05, 0) is 25.8 Å². The summed E-state index contributed by atoms with van der Waals surface area (Å²) in [5.74, 6) is 2.05. The number of rotatable bonds is 5. The SMILES string of the molecule is CCCC1CCN(c2nc3sccn3c2CNC)C1. The first kappa shape index (κ1) is 12.9. The Balaban J connectivity index is 1.87. The van der Waals surface area contributed by atoms with Crippen LogP contribution in [-0.2, 0) is 6.54 Å². The lowest BCUT2D eigenvalue weighted by Gasteiger charge is -2.17. The molecule has 1 unspecified atom stereocenters. The second-order valence-electron chi connectivity index (χ2n) is 5.36. The van der Waals surface area contributed by atoms with Crippen LogP contribution in [0.3, 0.4) is 0 Å². The van der Waals surface area contributed by atoms with Gasteiger partial charge in [0.2, 0.25) is 0 Å². The van der Waals surface area contributed by atoms with E-state index in [0.29, 0.717) is 0 Å². The normalized spacial score (nSPS) is 19.7. The van der Waals surface area contributed by atoms with Gasteiger partial charge in [-0.25, -0.2) is 4.98 Å². The molecule has 0 bridgehead atoms. The van der Waals surface area contributed by atoms with Gasteiger partial charge in [-0.1, -0.05) is 13.3 Å². The van der Waals surface area contributed by atoms with Gasteiger partial charge in [0.15, 0.2) is 10.8 Å². The van der Waals surface area contributed by atoms with Crippen LogP contribution in [0.1, 0.15) is 31.9 Å². The number of hydrogen-bond donors (Lipinski definition) is 1. The van der Waals surface area contributed by atoms with Crippen molar-refractivity contribution in [1.29, 1.82) is 0 Å². The van der Waals surface area contributed by atoms with Crippen LogP contribution in [0.4, 0.5) is 5.82 Å². The van der Waals surface area contributed by atoms with Crippen LogP contribution in [0, 0.1) is 5.92 Å². The van der Waals surface area contributed by atoms with Gasteiger partial charge in [-0.2, -0.15) is 0 Å². The summed E-state index contributed by atoms with van der Waals surface area (Å²) < 4.78 is 2.23. The molecule has 4 nitrogen and oxygen atoms in total. The number of thiazole rings is 1. The van der Waals surface area contributed by atoms with E-state index in [1.165, 1.54) is 37.3 Å². The Kier molecular flexibility index (Phi) is 3.75. The van der Waals surface area contributed by atoms with Gasteiger partial charge in [0.05, 0.1) is 5.69 Å². The molecule has 1 N–H and O–H groups in total. The molecule has 1 atom stereocenters. The zero-order valence-corrected chi connectivity index (χ0v) is 12.5. The fourth-order valence-corrected chi connectivity index (χ4v) is 3.80. The first-order chi connectivity index (χ1) is 9.33. The van der Waals surface area contributed by atoms with E-state index in [1.54, 1.807) is 11.3 Å². The number of nitrogens with one attached hydrogen (secondary N) is 1. The molecule has 1 aliphatic heterocycles. The highest BCUT2D eigenvalue weighted by molar-refractivity contribution is 7.15. The van der Waals surface area contributed by atoms with Crippen LogP contribution >= 0.6 is 11.3 Å². The summed E-state index contributed by atoms with van der Waals surface area (Å²) in [5.41, 5.74) is 1.30. The maximum Gasteiger partial charge on any atom is 0.195 e. The molecule has 0 saturated carbocycles. The van der Waals surface area contributed by atoms with E-state index >= 15 is 0 Å². The van der Waals surface area contributed by atoms with Crippen molar-refractivity contribution in [2.24, 2.45) is 5.92 Å². The summed E-state index contributed by atoms with van der Waals surface area (Å²) in [6.45, 7) is 5.49. The first-order valence-electron chi connectivity index (χ1n) is 7.17. The molecule has 0 amide bonds. The lowest BCUT2D eigenvalue weighted by Crippen LogP contribution is -2.22. The maximum absolute atomic E-state index is 4.84. The quantitative estimate of drug-likeness (QED) is 0.913. The molecule has 0 radical (unpaired) electrons. The fraction of sp³-hybridized carbons (Fsp3) is 0.643. The molecular formula is C14H22N4S. The van der Waals surface area contributed by atoms with Crippen molar-refractivity contribution in [2.45, 2.75) is 32.7 Å². The lowest BCUT2D eigenvalue weighted by molar-refractivity contribution is 0.529. The molecule has 104 valence electrons. The number of aromatic nitrogens is 2. The van der Waals surface area contributed by atoms with Gasteiger partial charge in [0.25, 0.3) is 0 Å². The summed E-state index contributed by atoms with van der Waals surface area (Å²) in [5, 5.41) is 5.38. The van der Waals surface area contributed by atoms with Gasteiger partial charge >= 0.3 is 0 Å². The Morgan fingerprint density at radius 2 is 2.42 bits per heavy atom. The number of imidazole rings is 1. The Morgan fingerprint density at radius 3 is 3.21 bits per heavy atom. The highest BCUT2D eigenvalue weighted by Crippen LogP contribution is 2.30. The molecule has 0 spiro atoms. The number of nitrogens with zero attached hydrogens (tertiary/aromatic N) is 3. The first-order valence-corrected chi connectivity index (χ1v) is 8.05. The minimum Gasteiger partial charge on any atom is -0.355 e. The molecule has 2 aromatic rings. The van der Waals surface area contributed by atoms with Crippen molar-refractivity contribution < 1.29 is 0 Å². The summed E-state index contributed by atoms with van der Waals surface area (Å²) in [6, 6.07) is 0. The zero-order chi connectivity index (χ0) is 13.2. The second-order valence-corrected chi connectivity index (χ2v) is 6.23. The smallest absolute Gasteiger partial charge is 0.195 e. The molecule has 5 heteroatoms.